The molecule has 1 aromatic heterocycles. The second-order valence-electron chi connectivity index (χ2n) is 7.43. The zero-order valence-corrected chi connectivity index (χ0v) is 16.8. The Hall–Kier alpha value is -2.54. The summed E-state index contributed by atoms with van der Waals surface area (Å²) in [5.41, 5.74) is 4.21. The Morgan fingerprint density at radius 2 is 2.04 bits per heavy atom. The number of aryl methyl sites for hydroxylation is 1. The van der Waals surface area contributed by atoms with Crippen LogP contribution in [0.4, 0.5) is 0 Å². The molecule has 1 fully saturated rings. The first kappa shape index (κ1) is 18.8. The molecule has 0 aliphatic carbocycles. The first-order valence-corrected chi connectivity index (χ1v) is 9.83. The maximum absolute atomic E-state index is 8.92. The van der Waals surface area contributed by atoms with Gasteiger partial charge in [-0.1, -0.05) is 6.07 Å². The van der Waals surface area contributed by atoms with E-state index in [0.717, 1.165) is 73.3 Å². The third-order valence-electron chi connectivity index (χ3n) is 5.76. The Balaban J connectivity index is 1.62. The lowest BCUT2D eigenvalue weighted by Crippen LogP contribution is -2.37. The second-order valence-corrected chi connectivity index (χ2v) is 7.43. The van der Waals surface area contributed by atoms with Crippen molar-refractivity contribution in [1.29, 1.82) is 5.41 Å². The normalized spacial score (nSPS) is 17.3. The average molecular weight is 384 g/mol. The summed E-state index contributed by atoms with van der Waals surface area (Å²) in [6, 6.07) is 4.06. The summed E-state index contributed by atoms with van der Waals surface area (Å²) in [4.78, 5) is 10.2. The van der Waals surface area contributed by atoms with Crippen molar-refractivity contribution >= 4 is 5.84 Å². The molecule has 7 nitrogen and oxygen atoms in total. The van der Waals surface area contributed by atoms with Crippen LogP contribution in [0.25, 0.3) is 0 Å². The third-order valence-corrected chi connectivity index (χ3v) is 5.76. The molecule has 0 spiro atoms. The van der Waals surface area contributed by atoms with Crippen LogP contribution in [0.15, 0.2) is 12.1 Å². The number of fused-ring (bicyclic) bond motifs is 1. The van der Waals surface area contributed by atoms with E-state index < -0.39 is 0 Å². The first-order valence-electron chi connectivity index (χ1n) is 9.83. The number of hydrogen-bond donors (Lipinski definition) is 2. The van der Waals surface area contributed by atoms with Crippen LogP contribution in [0.5, 0.6) is 11.5 Å². The molecule has 0 saturated carbocycles. The van der Waals surface area contributed by atoms with Crippen LogP contribution < -0.4 is 9.47 Å². The molecule has 3 heterocycles. The van der Waals surface area contributed by atoms with Gasteiger partial charge in [-0.05, 0) is 37.8 Å². The van der Waals surface area contributed by atoms with Crippen molar-refractivity contribution in [2.45, 2.75) is 38.6 Å². The van der Waals surface area contributed by atoms with E-state index in [9.17, 15) is 0 Å². The minimum Gasteiger partial charge on any atom is -0.493 e. The number of H-pyrrole nitrogens is 1. The first-order chi connectivity index (χ1) is 13.6. The van der Waals surface area contributed by atoms with Gasteiger partial charge in [0.25, 0.3) is 0 Å². The van der Waals surface area contributed by atoms with Crippen molar-refractivity contribution in [3.8, 4) is 11.5 Å². The molecule has 2 aliphatic heterocycles. The number of nitrogens with zero attached hydrogens (tertiary/aromatic N) is 2. The van der Waals surface area contributed by atoms with Gasteiger partial charge in [-0.2, -0.15) is 0 Å². The maximum atomic E-state index is 8.92. The van der Waals surface area contributed by atoms with E-state index in [1.807, 2.05) is 13.0 Å². The molecule has 2 aliphatic rings. The minimum atomic E-state index is 0.348. The lowest BCUT2D eigenvalue weighted by molar-refractivity contribution is 0.0845. The van der Waals surface area contributed by atoms with Gasteiger partial charge in [0.1, 0.15) is 17.4 Å². The number of aromatic amines is 1. The van der Waals surface area contributed by atoms with Gasteiger partial charge < -0.3 is 24.1 Å². The molecular weight excluding hydrogens is 356 g/mol. The lowest BCUT2D eigenvalue weighted by atomic mass is 9.94. The van der Waals surface area contributed by atoms with E-state index in [-0.39, 0.29) is 0 Å². The molecule has 150 valence electrons. The number of hydrogen-bond acceptors (Lipinski definition) is 5. The van der Waals surface area contributed by atoms with Crippen molar-refractivity contribution in [3.05, 3.63) is 40.5 Å². The molecule has 1 saturated heterocycles. The number of aromatic nitrogens is 2. The Labute approximate surface area is 165 Å². The standard InChI is InChI=1S/C21H28N4O3/c1-13-23-18(15-7-10-28-11-8-15)19(24-13)21(22)25-9-6-14-4-5-17(26-2)20(27-3)16(14)12-25/h4-5,15,22H,6-12H2,1-3H3,(H,23,24). The van der Waals surface area contributed by atoms with Crippen LogP contribution in [0, 0.1) is 12.3 Å². The van der Waals surface area contributed by atoms with Gasteiger partial charge in [0.15, 0.2) is 11.5 Å². The summed E-state index contributed by atoms with van der Waals surface area (Å²) < 4.78 is 16.6. The SMILES string of the molecule is COc1ccc2c(c1OC)CN(C(=N)c1[nH]c(C)nc1C1CCOCC1)CC2. The highest BCUT2D eigenvalue weighted by atomic mass is 16.5. The van der Waals surface area contributed by atoms with Crippen molar-refractivity contribution < 1.29 is 14.2 Å². The van der Waals surface area contributed by atoms with Crippen molar-refractivity contribution in [2.24, 2.45) is 0 Å². The highest BCUT2D eigenvalue weighted by Gasteiger charge is 2.29. The van der Waals surface area contributed by atoms with Crippen molar-refractivity contribution in [1.82, 2.24) is 14.9 Å². The van der Waals surface area contributed by atoms with E-state index in [2.05, 4.69) is 16.0 Å². The van der Waals surface area contributed by atoms with E-state index in [0.29, 0.717) is 18.3 Å². The fourth-order valence-electron chi connectivity index (χ4n) is 4.27. The fraction of sp³-hybridized carbons (Fsp3) is 0.524. The number of methoxy groups -OCH3 is 2. The summed E-state index contributed by atoms with van der Waals surface area (Å²) in [6.45, 7) is 4.90. The van der Waals surface area contributed by atoms with Crippen LogP contribution in [-0.2, 0) is 17.7 Å². The summed E-state index contributed by atoms with van der Waals surface area (Å²) in [6.07, 6.45) is 2.79. The number of benzene rings is 1. The Morgan fingerprint density at radius 1 is 1.25 bits per heavy atom. The number of nitrogens with one attached hydrogen (secondary N) is 2. The summed E-state index contributed by atoms with van der Waals surface area (Å²) in [5.74, 6) is 3.20. The molecule has 1 aromatic carbocycles. The Kier molecular flexibility index (Phi) is 5.26. The van der Waals surface area contributed by atoms with Crippen molar-refractivity contribution in [3.63, 3.8) is 0 Å². The van der Waals surface area contributed by atoms with Gasteiger partial charge in [-0.25, -0.2) is 4.98 Å². The topological polar surface area (TPSA) is 83.5 Å². The molecule has 28 heavy (non-hydrogen) atoms. The fourth-order valence-corrected chi connectivity index (χ4v) is 4.27. The van der Waals surface area contributed by atoms with Crippen LogP contribution in [-0.4, -0.2) is 54.7 Å². The zero-order chi connectivity index (χ0) is 19.7. The maximum Gasteiger partial charge on any atom is 0.165 e. The molecular formula is C21H28N4O3. The van der Waals surface area contributed by atoms with Gasteiger partial charge in [0.05, 0.1) is 19.9 Å². The van der Waals surface area contributed by atoms with Crippen LogP contribution in [0.3, 0.4) is 0 Å². The quantitative estimate of drug-likeness (QED) is 0.625. The number of ether oxygens (including phenoxy) is 3. The molecule has 7 heteroatoms. The predicted octanol–water partition coefficient (Wildman–Crippen LogP) is 3.01. The van der Waals surface area contributed by atoms with Gasteiger partial charge in [0, 0.05) is 37.8 Å². The average Bonchev–Trinajstić information content (AvgIpc) is 3.14. The number of rotatable bonds is 4. The highest BCUT2D eigenvalue weighted by molar-refractivity contribution is 5.96. The molecule has 4 rings (SSSR count). The summed E-state index contributed by atoms with van der Waals surface area (Å²) in [5, 5.41) is 8.92. The summed E-state index contributed by atoms with van der Waals surface area (Å²) in [7, 11) is 3.32. The molecule has 0 bridgehead atoms. The van der Waals surface area contributed by atoms with Crippen LogP contribution in [0.1, 0.15) is 47.1 Å². The molecule has 0 atom stereocenters. The number of amidine groups is 1. The second kappa shape index (κ2) is 7.83. The zero-order valence-electron chi connectivity index (χ0n) is 16.8. The van der Waals surface area contributed by atoms with E-state index >= 15 is 0 Å². The number of imidazole rings is 1. The third kappa shape index (κ3) is 3.35. The lowest BCUT2D eigenvalue weighted by Gasteiger charge is -2.32. The molecule has 2 aromatic rings. The predicted molar refractivity (Wildman–Crippen MR) is 107 cm³/mol. The molecule has 0 radical (unpaired) electrons. The molecule has 0 amide bonds. The smallest absolute Gasteiger partial charge is 0.165 e. The van der Waals surface area contributed by atoms with Gasteiger partial charge in [0.2, 0.25) is 0 Å². The van der Waals surface area contributed by atoms with Crippen LogP contribution >= 0.6 is 0 Å². The minimum absolute atomic E-state index is 0.348. The van der Waals surface area contributed by atoms with Gasteiger partial charge in [-0.15, -0.1) is 0 Å². The summed E-state index contributed by atoms with van der Waals surface area (Å²) >= 11 is 0. The van der Waals surface area contributed by atoms with Crippen molar-refractivity contribution in [2.75, 3.05) is 34.0 Å². The van der Waals surface area contributed by atoms with E-state index in [1.165, 1.54) is 5.56 Å². The van der Waals surface area contributed by atoms with Crippen LogP contribution in [0.2, 0.25) is 0 Å². The van der Waals surface area contributed by atoms with Gasteiger partial charge >= 0.3 is 0 Å². The van der Waals surface area contributed by atoms with E-state index in [4.69, 9.17) is 24.6 Å². The molecule has 0 unspecified atom stereocenters. The Morgan fingerprint density at radius 3 is 2.75 bits per heavy atom. The molecule has 2 N–H and O–H groups in total. The highest BCUT2D eigenvalue weighted by Crippen LogP contribution is 2.37. The monoisotopic (exact) mass is 384 g/mol. The largest absolute Gasteiger partial charge is 0.493 e. The Bertz CT molecular complexity index is 871. The van der Waals surface area contributed by atoms with Gasteiger partial charge in [-0.3, -0.25) is 5.41 Å². The van der Waals surface area contributed by atoms with E-state index in [1.54, 1.807) is 14.2 Å².